The van der Waals surface area contributed by atoms with E-state index in [2.05, 4.69) is 5.32 Å². The van der Waals surface area contributed by atoms with Crippen LogP contribution in [0.2, 0.25) is 0 Å². The van der Waals surface area contributed by atoms with Crippen LogP contribution in [-0.2, 0) is 9.59 Å². The molecule has 5 nitrogen and oxygen atoms in total. The molecule has 1 unspecified atom stereocenters. The van der Waals surface area contributed by atoms with Crippen LogP contribution in [0.1, 0.15) is 27.7 Å². The van der Waals surface area contributed by atoms with E-state index in [1.165, 1.54) is 0 Å². The summed E-state index contributed by atoms with van der Waals surface area (Å²) < 4.78 is 0. The maximum absolute atomic E-state index is 11.4. The number of carboxylic acid groups (broad SMARTS) is 1. The average Bonchev–Trinajstić information content (AvgIpc) is 2.12. The topological polar surface area (TPSA) is 92.4 Å². The van der Waals surface area contributed by atoms with E-state index in [1.807, 2.05) is 13.8 Å². The molecule has 1 amide bonds. The fourth-order valence-corrected chi connectivity index (χ4v) is 0.804. The fraction of sp³-hybridized carbons (Fsp3) is 0.800. The summed E-state index contributed by atoms with van der Waals surface area (Å²) in [5.41, 5.74) is 4.64. The predicted octanol–water partition coefficient (Wildman–Crippen LogP) is 0.197. The predicted molar refractivity (Wildman–Crippen MR) is 57.2 cm³/mol. The number of hydrogen-bond acceptors (Lipinski definition) is 3. The molecule has 0 aliphatic rings. The van der Waals surface area contributed by atoms with Crippen LogP contribution in [0.3, 0.4) is 0 Å². The first-order chi connectivity index (χ1) is 6.68. The van der Waals surface area contributed by atoms with Gasteiger partial charge in [0.1, 0.15) is 0 Å². The summed E-state index contributed by atoms with van der Waals surface area (Å²) in [6, 6.07) is -0.588. The van der Waals surface area contributed by atoms with Crippen molar-refractivity contribution in [2.24, 2.45) is 17.1 Å². The monoisotopic (exact) mass is 216 g/mol. The third kappa shape index (κ3) is 4.29. The lowest BCUT2D eigenvalue weighted by Gasteiger charge is -2.22. The molecule has 4 N–H and O–H groups in total. The highest BCUT2D eigenvalue weighted by molar-refractivity contribution is 5.82. The van der Waals surface area contributed by atoms with Crippen LogP contribution in [0.5, 0.6) is 0 Å². The van der Waals surface area contributed by atoms with Gasteiger partial charge in [0, 0.05) is 6.54 Å². The Morgan fingerprint density at radius 3 is 2.20 bits per heavy atom. The van der Waals surface area contributed by atoms with Gasteiger partial charge in [0.05, 0.1) is 11.5 Å². The third-order valence-corrected chi connectivity index (χ3v) is 2.30. The molecule has 5 heteroatoms. The SMILES string of the molecule is CC(C)C(N)C(=O)NCC(C)(C)C(=O)O. The number of amides is 1. The van der Waals surface area contributed by atoms with Crippen LogP contribution in [0.4, 0.5) is 0 Å². The highest BCUT2D eigenvalue weighted by Gasteiger charge is 2.28. The summed E-state index contributed by atoms with van der Waals surface area (Å²) in [5.74, 6) is -1.21. The molecule has 0 bridgehead atoms. The summed E-state index contributed by atoms with van der Waals surface area (Å²) >= 11 is 0. The van der Waals surface area contributed by atoms with Gasteiger partial charge in [-0.1, -0.05) is 13.8 Å². The maximum atomic E-state index is 11.4. The Balaban J connectivity index is 4.18. The normalized spacial score (nSPS) is 13.7. The number of carboxylic acids is 1. The summed E-state index contributed by atoms with van der Waals surface area (Å²) in [7, 11) is 0. The number of carbonyl (C=O) groups excluding carboxylic acids is 1. The highest BCUT2D eigenvalue weighted by atomic mass is 16.4. The lowest BCUT2D eigenvalue weighted by atomic mass is 9.93. The van der Waals surface area contributed by atoms with Crippen LogP contribution in [0.25, 0.3) is 0 Å². The Hall–Kier alpha value is -1.10. The molecule has 0 saturated carbocycles. The van der Waals surface area contributed by atoms with E-state index in [-0.39, 0.29) is 18.4 Å². The molecule has 0 radical (unpaired) electrons. The minimum absolute atomic E-state index is 0.0398. The van der Waals surface area contributed by atoms with Gasteiger partial charge in [0.15, 0.2) is 0 Å². The van der Waals surface area contributed by atoms with Crippen LogP contribution in [-0.4, -0.2) is 29.6 Å². The van der Waals surface area contributed by atoms with Crippen molar-refractivity contribution in [2.45, 2.75) is 33.7 Å². The number of carbonyl (C=O) groups is 2. The zero-order valence-electron chi connectivity index (χ0n) is 9.70. The summed E-state index contributed by atoms with van der Waals surface area (Å²) in [6.07, 6.45) is 0. The second kappa shape index (κ2) is 5.11. The van der Waals surface area contributed by atoms with Gasteiger partial charge in [-0.05, 0) is 19.8 Å². The Labute approximate surface area is 90.0 Å². The van der Waals surface area contributed by atoms with E-state index >= 15 is 0 Å². The van der Waals surface area contributed by atoms with Crippen molar-refractivity contribution in [1.82, 2.24) is 5.32 Å². The molecule has 0 aliphatic carbocycles. The van der Waals surface area contributed by atoms with Gasteiger partial charge >= 0.3 is 5.97 Å². The number of hydrogen-bond donors (Lipinski definition) is 3. The lowest BCUT2D eigenvalue weighted by molar-refractivity contribution is -0.146. The van der Waals surface area contributed by atoms with E-state index in [9.17, 15) is 9.59 Å². The zero-order chi connectivity index (χ0) is 12.2. The third-order valence-electron chi connectivity index (χ3n) is 2.30. The first kappa shape index (κ1) is 13.9. The molecule has 1 atom stereocenters. The molecular weight excluding hydrogens is 196 g/mol. The molecule has 0 aromatic rings. The second-order valence-corrected chi connectivity index (χ2v) is 4.68. The van der Waals surface area contributed by atoms with E-state index in [4.69, 9.17) is 10.8 Å². The standard InChI is InChI=1S/C10H20N2O3/c1-6(2)7(11)8(13)12-5-10(3,4)9(14)15/h6-7H,5,11H2,1-4H3,(H,12,13)(H,14,15). The lowest BCUT2D eigenvalue weighted by Crippen LogP contribution is -2.48. The minimum Gasteiger partial charge on any atom is -0.481 e. The number of nitrogens with one attached hydrogen (secondary N) is 1. The van der Waals surface area contributed by atoms with Gasteiger partial charge < -0.3 is 16.2 Å². The molecule has 0 fully saturated rings. The van der Waals surface area contributed by atoms with Gasteiger partial charge in [-0.25, -0.2) is 0 Å². The highest BCUT2D eigenvalue weighted by Crippen LogP contribution is 2.13. The summed E-state index contributed by atoms with van der Waals surface area (Å²) in [4.78, 5) is 22.2. The van der Waals surface area contributed by atoms with Gasteiger partial charge in [0.25, 0.3) is 0 Å². The van der Waals surface area contributed by atoms with Crippen molar-refractivity contribution in [3.63, 3.8) is 0 Å². The average molecular weight is 216 g/mol. The van der Waals surface area contributed by atoms with Crippen molar-refractivity contribution in [3.8, 4) is 0 Å². The van der Waals surface area contributed by atoms with Crippen molar-refractivity contribution in [1.29, 1.82) is 0 Å². The van der Waals surface area contributed by atoms with Gasteiger partial charge in [-0.3, -0.25) is 9.59 Å². The van der Waals surface area contributed by atoms with Crippen LogP contribution < -0.4 is 11.1 Å². The van der Waals surface area contributed by atoms with Crippen molar-refractivity contribution in [3.05, 3.63) is 0 Å². The van der Waals surface area contributed by atoms with Crippen LogP contribution in [0, 0.1) is 11.3 Å². The van der Waals surface area contributed by atoms with Crippen molar-refractivity contribution in [2.75, 3.05) is 6.54 Å². The molecule has 0 aliphatic heterocycles. The smallest absolute Gasteiger partial charge is 0.310 e. The molecule has 0 aromatic carbocycles. The zero-order valence-corrected chi connectivity index (χ0v) is 9.70. The van der Waals surface area contributed by atoms with Gasteiger partial charge in [-0.2, -0.15) is 0 Å². The minimum atomic E-state index is -0.966. The van der Waals surface area contributed by atoms with E-state index in [0.717, 1.165) is 0 Å². The van der Waals surface area contributed by atoms with E-state index in [1.54, 1.807) is 13.8 Å². The Morgan fingerprint density at radius 2 is 1.87 bits per heavy atom. The molecule has 15 heavy (non-hydrogen) atoms. The second-order valence-electron chi connectivity index (χ2n) is 4.68. The van der Waals surface area contributed by atoms with Crippen molar-refractivity contribution < 1.29 is 14.7 Å². The Bertz CT molecular complexity index is 249. The Kier molecular flexibility index (Phi) is 4.74. The van der Waals surface area contributed by atoms with E-state index < -0.39 is 17.4 Å². The quantitative estimate of drug-likeness (QED) is 0.612. The van der Waals surface area contributed by atoms with Crippen LogP contribution >= 0.6 is 0 Å². The summed E-state index contributed by atoms with van der Waals surface area (Å²) in [5, 5.41) is 11.4. The fourth-order valence-electron chi connectivity index (χ4n) is 0.804. The Morgan fingerprint density at radius 1 is 1.40 bits per heavy atom. The van der Waals surface area contributed by atoms with Crippen molar-refractivity contribution >= 4 is 11.9 Å². The first-order valence-electron chi connectivity index (χ1n) is 4.95. The molecule has 0 spiro atoms. The number of rotatable bonds is 5. The molecule has 88 valence electrons. The molecule has 0 heterocycles. The molecule has 0 rings (SSSR count). The molecular formula is C10H20N2O3. The van der Waals surface area contributed by atoms with Gasteiger partial charge in [0.2, 0.25) is 5.91 Å². The number of nitrogens with two attached hydrogens (primary N) is 1. The first-order valence-corrected chi connectivity index (χ1v) is 4.95. The maximum Gasteiger partial charge on any atom is 0.310 e. The van der Waals surface area contributed by atoms with E-state index in [0.29, 0.717) is 0 Å². The molecule has 0 aromatic heterocycles. The number of aliphatic carboxylic acids is 1. The largest absolute Gasteiger partial charge is 0.481 e. The molecule has 0 saturated heterocycles. The van der Waals surface area contributed by atoms with Crippen LogP contribution in [0.15, 0.2) is 0 Å². The van der Waals surface area contributed by atoms with Gasteiger partial charge in [-0.15, -0.1) is 0 Å². The summed E-state index contributed by atoms with van der Waals surface area (Å²) in [6.45, 7) is 6.87.